The first-order valence-corrected chi connectivity index (χ1v) is 10.1. The van der Waals surface area contributed by atoms with Crippen LogP contribution in [0.4, 0.5) is 10.5 Å². The van der Waals surface area contributed by atoms with Crippen LogP contribution in [0.15, 0.2) is 34.1 Å². The Bertz CT molecular complexity index is 751. The van der Waals surface area contributed by atoms with Gasteiger partial charge < -0.3 is 19.7 Å². The number of anilines is 1. The summed E-state index contributed by atoms with van der Waals surface area (Å²) in [5, 5.41) is 5.19. The van der Waals surface area contributed by atoms with E-state index in [0.29, 0.717) is 43.4 Å². The number of nitrogens with zero attached hydrogens (tertiary/aromatic N) is 2. The zero-order chi connectivity index (χ0) is 19.6. The van der Waals surface area contributed by atoms with Crippen LogP contribution in [0.5, 0.6) is 0 Å². The van der Waals surface area contributed by atoms with Crippen LogP contribution in [0.25, 0.3) is 0 Å². The molecule has 0 saturated heterocycles. The SMILES string of the molecule is CCOC(=O)c1csc(CN(CCCOC)C(=O)Nc2ccc(Br)cc2)n1. The highest BCUT2D eigenvalue weighted by molar-refractivity contribution is 9.10. The Morgan fingerprint density at radius 3 is 2.70 bits per heavy atom. The molecule has 0 aliphatic rings. The van der Waals surface area contributed by atoms with Gasteiger partial charge in [-0.2, -0.15) is 0 Å². The first kappa shape index (κ1) is 21.3. The van der Waals surface area contributed by atoms with Crippen molar-refractivity contribution in [3.8, 4) is 0 Å². The lowest BCUT2D eigenvalue weighted by Crippen LogP contribution is -2.35. The number of nitrogens with one attached hydrogen (secondary N) is 1. The molecule has 0 aliphatic carbocycles. The Kier molecular flexibility index (Phi) is 8.70. The molecule has 27 heavy (non-hydrogen) atoms. The van der Waals surface area contributed by atoms with Crippen LogP contribution in [0.2, 0.25) is 0 Å². The minimum Gasteiger partial charge on any atom is -0.461 e. The van der Waals surface area contributed by atoms with Crippen molar-refractivity contribution in [1.82, 2.24) is 9.88 Å². The zero-order valence-electron chi connectivity index (χ0n) is 15.2. The maximum atomic E-state index is 12.7. The van der Waals surface area contributed by atoms with Crippen molar-refractivity contribution in [3.05, 3.63) is 44.8 Å². The number of hydrogen-bond donors (Lipinski definition) is 1. The van der Waals surface area contributed by atoms with Gasteiger partial charge in [-0.3, -0.25) is 0 Å². The number of ether oxygens (including phenoxy) is 2. The summed E-state index contributed by atoms with van der Waals surface area (Å²) in [6.07, 6.45) is 0.695. The van der Waals surface area contributed by atoms with E-state index in [1.165, 1.54) is 11.3 Å². The average molecular weight is 456 g/mol. The third-order valence-corrected chi connectivity index (χ3v) is 4.88. The van der Waals surface area contributed by atoms with Crippen LogP contribution >= 0.6 is 27.3 Å². The van der Waals surface area contributed by atoms with Gasteiger partial charge in [0.2, 0.25) is 0 Å². The Labute approximate surface area is 170 Å². The molecule has 9 heteroatoms. The Morgan fingerprint density at radius 1 is 1.30 bits per heavy atom. The monoisotopic (exact) mass is 455 g/mol. The number of amides is 2. The van der Waals surface area contributed by atoms with Crippen LogP contribution < -0.4 is 5.32 Å². The van der Waals surface area contributed by atoms with Gasteiger partial charge in [-0.1, -0.05) is 15.9 Å². The summed E-state index contributed by atoms with van der Waals surface area (Å²) in [4.78, 5) is 30.4. The van der Waals surface area contributed by atoms with Crippen molar-refractivity contribution >= 4 is 45.0 Å². The van der Waals surface area contributed by atoms with Crippen molar-refractivity contribution in [1.29, 1.82) is 0 Å². The van der Waals surface area contributed by atoms with Crippen molar-refractivity contribution in [2.24, 2.45) is 0 Å². The number of carbonyl (C=O) groups excluding carboxylic acids is 2. The lowest BCUT2D eigenvalue weighted by molar-refractivity contribution is 0.0520. The van der Waals surface area contributed by atoms with Gasteiger partial charge in [0.1, 0.15) is 5.01 Å². The van der Waals surface area contributed by atoms with Gasteiger partial charge in [0.25, 0.3) is 0 Å². The number of rotatable bonds is 9. The number of carbonyl (C=O) groups is 2. The summed E-state index contributed by atoms with van der Waals surface area (Å²) >= 11 is 4.70. The van der Waals surface area contributed by atoms with Crippen LogP contribution in [-0.4, -0.2) is 48.8 Å². The maximum Gasteiger partial charge on any atom is 0.357 e. The highest BCUT2D eigenvalue weighted by Gasteiger charge is 2.18. The summed E-state index contributed by atoms with van der Waals surface area (Å²) in [6.45, 7) is 3.40. The van der Waals surface area contributed by atoms with E-state index in [9.17, 15) is 9.59 Å². The quantitative estimate of drug-likeness (QED) is 0.453. The van der Waals surface area contributed by atoms with Crippen molar-refractivity contribution < 1.29 is 19.1 Å². The summed E-state index contributed by atoms with van der Waals surface area (Å²) in [5.74, 6) is -0.453. The number of hydrogen-bond acceptors (Lipinski definition) is 6. The van der Waals surface area contributed by atoms with Crippen LogP contribution in [-0.2, 0) is 16.0 Å². The molecule has 0 aliphatic heterocycles. The standard InChI is InChI=1S/C18H22BrN3O4S/c1-3-26-17(23)15-12-27-16(21-15)11-22(9-4-10-25-2)18(24)20-14-7-5-13(19)6-8-14/h5-8,12H,3-4,9-11H2,1-2H3,(H,20,24). The van der Waals surface area contributed by atoms with E-state index in [1.807, 2.05) is 24.3 Å². The molecule has 7 nitrogen and oxygen atoms in total. The van der Waals surface area contributed by atoms with Gasteiger partial charge in [0.15, 0.2) is 5.69 Å². The third-order valence-electron chi connectivity index (χ3n) is 3.52. The van der Waals surface area contributed by atoms with E-state index in [2.05, 4.69) is 26.2 Å². The number of methoxy groups -OCH3 is 1. The van der Waals surface area contributed by atoms with Gasteiger partial charge in [0, 0.05) is 35.8 Å². The van der Waals surface area contributed by atoms with Crippen LogP contribution in [0.1, 0.15) is 28.8 Å². The molecular formula is C18H22BrN3O4S. The first-order valence-electron chi connectivity index (χ1n) is 8.45. The predicted octanol–water partition coefficient (Wildman–Crippen LogP) is 4.15. The molecule has 0 spiro atoms. The second kappa shape index (κ2) is 11.0. The maximum absolute atomic E-state index is 12.7. The molecule has 0 radical (unpaired) electrons. The van der Waals surface area contributed by atoms with E-state index in [1.54, 1.807) is 24.3 Å². The van der Waals surface area contributed by atoms with E-state index in [4.69, 9.17) is 9.47 Å². The highest BCUT2D eigenvalue weighted by Crippen LogP contribution is 2.17. The summed E-state index contributed by atoms with van der Waals surface area (Å²) in [5.41, 5.74) is 0.966. The van der Waals surface area contributed by atoms with Gasteiger partial charge in [-0.15, -0.1) is 11.3 Å². The number of thiazole rings is 1. The van der Waals surface area contributed by atoms with Crippen molar-refractivity contribution in [2.75, 3.05) is 32.2 Å². The minimum atomic E-state index is -0.453. The first-order chi connectivity index (χ1) is 13.0. The average Bonchev–Trinajstić information content (AvgIpc) is 3.12. The molecule has 1 aromatic heterocycles. The molecule has 0 saturated carbocycles. The molecular weight excluding hydrogens is 434 g/mol. The van der Waals surface area contributed by atoms with Gasteiger partial charge >= 0.3 is 12.0 Å². The zero-order valence-corrected chi connectivity index (χ0v) is 17.6. The topological polar surface area (TPSA) is 80.8 Å². The summed E-state index contributed by atoms with van der Waals surface area (Å²) in [7, 11) is 1.62. The second-order valence-electron chi connectivity index (χ2n) is 5.55. The molecule has 1 N–H and O–H groups in total. The number of esters is 1. The fourth-order valence-corrected chi connectivity index (χ4v) is 3.28. The normalized spacial score (nSPS) is 10.5. The molecule has 0 bridgehead atoms. The molecule has 0 unspecified atom stereocenters. The van der Waals surface area contributed by atoms with E-state index in [-0.39, 0.29) is 11.7 Å². The third kappa shape index (κ3) is 6.93. The minimum absolute atomic E-state index is 0.235. The fourth-order valence-electron chi connectivity index (χ4n) is 2.23. The Hall–Kier alpha value is -1.97. The molecule has 2 aromatic rings. The summed E-state index contributed by atoms with van der Waals surface area (Å²) < 4.78 is 11.0. The number of halogens is 1. The van der Waals surface area contributed by atoms with Gasteiger partial charge in [-0.25, -0.2) is 14.6 Å². The van der Waals surface area contributed by atoms with E-state index >= 15 is 0 Å². The molecule has 2 rings (SSSR count). The lowest BCUT2D eigenvalue weighted by atomic mass is 10.3. The Morgan fingerprint density at radius 2 is 2.04 bits per heavy atom. The van der Waals surface area contributed by atoms with Crippen molar-refractivity contribution in [3.63, 3.8) is 0 Å². The number of benzene rings is 1. The number of urea groups is 1. The molecule has 2 amide bonds. The smallest absolute Gasteiger partial charge is 0.357 e. The lowest BCUT2D eigenvalue weighted by Gasteiger charge is -2.22. The largest absolute Gasteiger partial charge is 0.461 e. The van der Waals surface area contributed by atoms with Gasteiger partial charge in [0.05, 0.1) is 13.2 Å². The summed E-state index contributed by atoms with van der Waals surface area (Å²) in [6, 6.07) is 7.12. The second-order valence-corrected chi connectivity index (χ2v) is 7.41. The van der Waals surface area contributed by atoms with E-state index in [0.717, 1.165) is 4.47 Å². The molecule has 0 fully saturated rings. The van der Waals surface area contributed by atoms with E-state index < -0.39 is 5.97 Å². The molecule has 0 atom stereocenters. The predicted molar refractivity (Wildman–Crippen MR) is 108 cm³/mol. The molecule has 146 valence electrons. The van der Waals surface area contributed by atoms with Crippen LogP contribution in [0.3, 0.4) is 0 Å². The van der Waals surface area contributed by atoms with Crippen molar-refractivity contribution in [2.45, 2.75) is 19.9 Å². The molecule has 1 heterocycles. The van der Waals surface area contributed by atoms with Gasteiger partial charge in [-0.05, 0) is 37.6 Å². The Balaban J connectivity index is 2.05. The number of aromatic nitrogens is 1. The highest BCUT2D eigenvalue weighted by atomic mass is 79.9. The van der Waals surface area contributed by atoms with Crippen LogP contribution in [0, 0.1) is 0 Å². The fraction of sp³-hybridized carbons (Fsp3) is 0.389. The molecule has 1 aromatic carbocycles.